The van der Waals surface area contributed by atoms with Crippen molar-refractivity contribution in [1.82, 2.24) is 5.32 Å². The van der Waals surface area contributed by atoms with Crippen LogP contribution < -0.4 is 10.6 Å². The number of benzene rings is 2. The van der Waals surface area contributed by atoms with Crippen LogP contribution in [0.4, 0.5) is 10.1 Å². The molecule has 2 aromatic carbocycles. The highest BCUT2D eigenvalue weighted by Gasteiger charge is 2.11. The largest absolute Gasteiger partial charge is 0.452 e. The van der Waals surface area contributed by atoms with Crippen LogP contribution in [-0.4, -0.2) is 31.4 Å². The molecule has 2 aromatic rings. The fraction of sp³-hybridized carbons (Fsp3) is 0.118. The number of halogens is 1. The summed E-state index contributed by atoms with van der Waals surface area (Å²) in [5, 5.41) is 5.01. The fourth-order valence-corrected chi connectivity index (χ4v) is 1.88. The molecule has 0 saturated carbocycles. The second kappa shape index (κ2) is 7.87. The summed E-state index contributed by atoms with van der Waals surface area (Å²) in [6.45, 7) is -0.507. The molecule has 6 nitrogen and oxygen atoms in total. The first-order chi connectivity index (χ1) is 11.5. The number of rotatable bonds is 5. The van der Waals surface area contributed by atoms with E-state index in [9.17, 15) is 18.8 Å². The van der Waals surface area contributed by atoms with Crippen molar-refractivity contribution in [3.8, 4) is 0 Å². The van der Waals surface area contributed by atoms with Crippen LogP contribution in [0.3, 0.4) is 0 Å². The molecule has 2 N–H and O–H groups in total. The van der Waals surface area contributed by atoms with Gasteiger partial charge in [0.25, 0.3) is 11.8 Å². The molecule has 0 aromatic heterocycles. The number of nitrogens with one attached hydrogen (secondary N) is 2. The first-order valence-corrected chi connectivity index (χ1v) is 7.04. The molecule has 0 radical (unpaired) electrons. The quantitative estimate of drug-likeness (QED) is 0.821. The van der Waals surface area contributed by atoms with E-state index in [1.807, 2.05) is 0 Å². The summed E-state index contributed by atoms with van der Waals surface area (Å²) in [4.78, 5) is 34.8. The number of carbonyl (C=O) groups is 3. The van der Waals surface area contributed by atoms with Crippen LogP contribution in [0.5, 0.6) is 0 Å². The Morgan fingerprint density at radius 1 is 1.04 bits per heavy atom. The number of esters is 1. The number of carbonyl (C=O) groups excluding carboxylic acids is 3. The molecule has 0 aliphatic carbocycles. The summed E-state index contributed by atoms with van der Waals surface area (Å²) in [5.41, 5.74) is 0.931. The minimum Gasteiger partial charge on any atom is -0.452 e. The highest BCUT2D eigenvalue weighted by Crippen LogP contribution is 2.10. The van der Waals surface area contributed by atoms with Gasteiger partial charge in [-0.3, -0.25) is 9.59 Å². The van der Waals surface area contributed by atoms with Gasteiger partial charge in [-0.15, -0.1) is 0 Å². The lowest BCUT2D eigenvalue weighted by atomic mass is 10.2. The van der Waals surface area contributed by atoms with E-state index in [-0.39, 0.29) is 11.5 Å². The van der Waals surface area contributed by atoms with Gasteiger partial charge in [0.1, 0.15) is 5.82 Å². The highest BCUT2D eigenvalue weighted by atomic mass is 19.1. The van der Waals surface area contributed by atoms with Gasteiger partial charge in [-0.1, -0.05) is 6.07 Å². The minimum absolute atomic E-state index is 0.0257. The predicted octanol–water partition coefficient (Wildman–Crippen LogP) is 1.98. The van der Waals surface area contributed by atoms with Gasteiger partial charge in [-0.05, 0) is 42.5 Å². The number of ether oxygens (including phenoxy) is 1. The Labute approximate surface area is 137 Å². The van der Waals surface area contributed by atoms with Gasteiger partial charge < -0.3 is 15.4 Å². The van der Waals surface area contributed by atoms with E-state index in [4.69, 9.17) is 4.74 Å². The van der Waals surface area contributed by atoms with E-state index in [0.29, 0.717) is 11.3 Å². The molecule has 0 atom stereocenters. The third kappa shape index (κ3) is 4.64. The van der Waals surface area contributed by atoms with Crippen LogP contribution >= 0.6 is 0 Å². The van der Waals surface area contributed by atoms with Crippen LogP contribution in [0.2, 0.25) is 0 Å². The van der Waals surface area contributed by atoms with Gasteiger partial charge in [-0.25, -0.2) is 9.18 Å². The second-order valence-electron chi connectivity index (χ2n) is 4.79. The fourth-order valence-electron chi connectivity index (χ4n) is 1.88. The molecule has 0 unspecified atom stereocenters. The molecule has 0 aliphatic rings. The van der Waals surface area contributed by atoms with Crippen LogP contribution in [0.1, 0.15) is 20.7 Å². The van der Waals surface area contributed by atoms with E-state index < -0.39 is 24.3 Å². The van der Waals surface area contributed by atoms with E-state index in [0.717, 1.165) is 6.07 Å². The second-order valence-corrected chi connectivity index (χ2v) is 4.79. The van der Waals surface area contributed by atoms with Crippen molar-refractivity contribution in [2.45, 2.75) is 0 Å². The average molecular weight is 330 g/mol. The van der Waals surface area contributed by atoms with Gasteiger partial charge in [0.2, 0.25) is 0 Å². The normalized spacial score (nSPS) is 9.92. The molecule has 2 rings (SSSR count). The predicted molar refractivity (Wildman–Crippen MR) is 85.1 cm³/mol. The maximum Gasteiger partial charge on any atom is 0.338 e. The summed E-state index contributed by atoms with van der Waals surface area (Å²) >= 11 is 0. The molecular formula is C17H15FN2O4. The Morgan fingerprint density at radius 2 is 1.75 bits per heavy atom. The monoisotopic (exact) mass is 330 g/mol. The lowest BCUT2D eigenvalue weighted by molar-refractivity contribution is -0.119. The van der Waals surface area contributed by atoms with E-state index in [1.165, 1.54) is 25.2 Å². The molecule has 0 bridgehead atoms. The standard InChI is InChI=1S/C17H15FN2O4/c1-19-16(22)11-5-7-14(8-6-11)20-15(21)10-24-17(23)12-3-2-4-13(18)9-12/h2-9H,10H2,1H3,(H,19,22)(H,20,21). The van der Waals surface area contributed by atoms with E-state index in [1.54, 1.807) is 24.3 Å². The van der Waals surface area contributed by atoms with Gasteiger partial charge in [0, 0.05) is 18.3 Å². The van der Waals surface area contributed by atoms with Crippen LogP contribution in [-0.2, 0) is 9.53 Å². The Hall–Kier alpha value is -3.22. The van der Waals surface area contributed by atoms with Crippen molar-refractivity contribution >= 4 is 23.5 Å². The van der Waals surface area contributed by atoms with Crippen LogP contribution in [0.15, 0.2) is 48.5 Å². The summed E-state index contributed by atoms with van der Waals surface area (Å²) in [6.07, 6.45) is 0. The SMILES string of the molecule is CNC(=O)c1ccc(NC(=O)COC(=O)c2cccc(F)c2)cc1. The van der Waals surface area contributed by atoms with Crippen LogP contribution in [0, 0.1) is 5.82 Å². The van der Waals surface area contributed by atoms with Gasteiger partial charge >= 0.3 is 5.97 Å². The summed E-state index contributed by atoms with van der Waals surface area (Å²) in [6, 6.07) is 11.2. The van der Waals surface area contributed by atoms with Gasteiger partial charge in [0.15, 0.2) is 6.61 Å². The van der Waals surface area contributed by atoms with Crippen molar-refractivity contribution in [2.24, 2.45) is 0 Å². The molecule has 24 heavy (non-hydrogen) atoms. The van der Waals surface area contributed by atoms with E-state index in [2.05, 4.69) is 10.6 Å². The first-order valence-electron chi connectivity index (χ1n) is 7.04. The Bertz CT molecular complexity index is 759. The van der Waals surface area contributed by atoms with Crippen molar-refractivity contribution in [3.05, 3.63) is 65.5 Å². The zero-order valence-electron chi connectivity index (χ0n) is 12.8. The Morgan fingerprint density at radius 3 is 2.38 bits per heavy atom. The summed E-state index contributed by atoms with van der Waals surface area (Å²) in [5.74, 6) is -2.14. The number of hydrogen-bond acceptors (Lipinski definition) is 4. The molecule has 0 aliphatic heterocycles. The number of anilines is 1. The number of amides is 2. The third-order valence-corrected chi connectivity index (χ3v) is 3.05. The first kappa shape index (κ1) is 17.1. The van der Waals surface area contributed by atoms with E-state index >= 15 is 0 Å². The molecule has 0 fully saturated rings. The lowest BCUT2D eigenvalue weighted by Gasteiger charge is -2.07. The molecule has 124 valence electrons. The Balaban J connectivity index is 1.87. The highest BCUT2D eigenvalue weighted by molar-refractivity contribution is 5.97. The number of hydrogen-bond donors (Lipinski definition) is 2. The molecule has 0 heterocycles. The van der Waals surface area contributed by atoms with Gasteiger partial charge in [-0.2, -0.15) is 0 Å². The summed E-state index contributed by atoms with van der Waals surface area (Å²) < 4.78 is 17.8. The molecule has 0 saturated heterocycles. The maximum atomic E-state index is 13.0. The average Bonchev–Trinajstić information content (AvgIpc) is 2.59. The van der Waals surface area contributed by atoms with Gasteiger partial charge in [0.05, 0.1) is 5.56 Å². The molecule has 7 heteroatoms. The summed E-state index contributed by atoms with van der Waals surface area (Å²) in [7, 11) is 1.52. The minimum atomic E-state index is -0.792. The maximum absolute atomic E-state index is 13.0. The third-order valence-electron chi connectivity index (χ3n) is 3.05. The molecule has 2 amide bonds. The van der Waals surface area contributed by atoms with Crippen molar-refractivity contribution in [1.29, 1.82) is 0 Å². The molecular weight excluding hydrogens is 315 g/mol. The van der Waals surface area contributed by atoms with Crippen molar-refractivity contribution in [2.75, 3.05) is 19.0 Å². The van der Waals surface area contributed by atoms with Crippen LogP contribution in [0.25, 0.3) is 0 Å². The lowest BCUT2D eigenvalue weighted by Crippen LogP contribution is -2.21. The van der Waals surface area contributed by atoms with Crippen molar-refractivity contribution in [3.63, 3.8) is 0 Å². The Kier molecular flexibility index (Phi) is 5.62. The molecule has 0 spiro atoms. The van der Waals surface area contributed by atoms with Crippen molar-refractivity contribution < 1.29 is 23.5 Å². The zero-order chi connectivity index (χ0) is 17.5. The topological polar surface area (TPSA) is 84.5 Å². The zero-order valence-corrected chi connectivity index (χ0v) is 12.8. The smallest absolute Gasteiger partial charge is 0.338 e.